The molecule has 3 aromatic rings. The Labute approximate surface area is 196 Å². The van der Waals surface area contributed by atoms with Gasteiger partial charge in [-0.2, -0.15) is 0 Å². The number of pyridine rings is 1. The largest absolute Gasteiger partial charge is 0.338 e. The maximum atomic E-state index is 13.4. The molecule has 0 radical (unpaired) electrons. The van der Waals surface area contributed by atoms with E-state index in [4.69, 9.17) is 11.6 Å². The van der Waals surface area contributed by atoms with Crippen molar-refractivity contribution < 1.29 is 14.0 Å². The van der Waals surface area contributed by atoms with Gasteiger partial charge in [0.05, 0.1) is 11.3 Å². The summed E-state index contributed by atoms with van der Waals surface area (Å²) in [6.45, 7) is 1.20. The highest BCUT2D eigenvalue weighted by molar-refractivity contribution is 6.30. The zero-order chi connectivity index (χ0) is 23.0. The quantitative estimate of drug-likeness (QED) is 0.635. The number of rotatable bonds is 4. The van der Waals surface area contributed by atoms with Gasteiger partial charge >= 0.3 is 6.03 Å². The van der Waals surface area contributed by atoms with Crippen molar-refractivity contribution in [3.8, 4) is 0 Å². The molecule has 1 N–H and O–H groups in total. The molecule has 0 saturated carbocycles. The Hall–Kier alpha value is -3.45. The van der Waals surface area contributed by atoms with E-state index in [1.165, 1.54) is 12.1 Å². The lowest BCUT2D eigenvalue weighted by Crippen LogP contribution is -2.60. The zero-order valence-corrected chi connectivity index (χ0v) is 18.6. The minimum absolute atomic E-state index is 0.138. The van der Waals surface area contributed by atoms with Crippen LogP contribution < -0.4 is 5.32 Å². The first kappa shape index (κ1) is 21.4. The summed E-state index contributed by atoms with van der Waals surface area (Å²) in [4.78, 5) is 34.7. The number of carbonyl (C=O) groups is 2. The number of amides is 3. The van der Waals surface area contributed by atoms with E-state index in [0.29, 0.717) is 48.8 Å². The molecule has 6 nitrogen and oxygen atoms in total. The van der Waals surface area contributed by atoms with Gasteiger partial charge in [-0.05, 0) is 53.9 Å². The second-order valence-electron chi connectivity index (χ2n) is 8.21. The van der Waals surface area contributed by atoms with E-state index in [0.717, 1.165) is 11.1 Å². The third-order valence-corrected chi connectivity index (χ3v) is 6.63. The molecular formula is C25H22ClFN4O2. The average Bonchev–Trinajstić information content (AvgIpc) is 3.21. The molecule has 1 fully saturated rings. The Balaban J connectivity index is 1.45. The molecule has 168 valence electrons. The van der Waals surface area contributed by atoms with Crippen LogP contribution in [0.2, 0.25) is 5.02 Å². The minimum atomic E-state index is -0.983. The summed E-state index contributed by atoms with van der Waals surface area (Å²) in [5.41, 5.74) is 1.99. The second-order valence-corrected chi connectivity index (χ2v) is 8.65. The normalized spacial score (nSPS) is 19.3. The van der Waals surface area contributed by atoms with Gasteiger partial charge in [0.15, 0.2) is 5.66 Å². The highest BCUT2D eigenvalue weighted by Gasteiger charge is 2.56. The van der Waals surface area contributed by atoms with Gasteiger partial charge in [0.25, 0.3) is 5.91 Å². The number of urea groups is 1. The van der Waals surface area contributed by atoms with Crippen LogP contribution in [0.4, 0.5) is 9.18 Å². The van der Waals surface area contributed by atoms with Gasteiger partial charge < -0.3 is 10.2 Å². The molecule has 33 heavy (non-hydrogen) atoms. The molecule has 8 heteroatoms. The van der Waals surface area contributed by atoms with Crippen molar-refractivity contribution in [3.63, 3.8) is 0 Å². The fourth-order valence-corrected chi connectivity index (χ4v) is 4.91. The lowest BCUT2D eigenvalue weighted by molar-refractivity contribution is 0.0195. The van der Waals surface area contributed by atoms with Gasteiger partial charge in [-0.1, -0.05) is 35.9 Å². The summed E-state index contributed by atoms with van der Waals surface area (Å²) >= 11 is 6.13. The van der Waals surface area contributed by atoms with E-state index in [2.05, 4.69) is 10.3 Å². The summed E-state index contributed by atoms with van der Waals surface area (Å²) in [7, 11) is 0. The third-order valence-electron chi connectivity index (χ3n) is 6.37. The Bertz CT molecular complexity index is 1200. The molecule has 1 aromatic heterocycles. The summed E-state index contributed by atoms with van der Waals surface area (Å²) in [6, 6.07) is 16.8. The van der Waals surface area contributed by atoms with Crippen molar-refractivity contribution >= 4 is 23.5 Å². The predicted molar refractivity (Wildman–Crippen MR) is 122 cm³/mol. The van der Waals surface area contributed by atoms with Crippen LogP contribution in [0.15, 0.2) is 66.9 Å². The molecule has 3 amide bonds. The Kier molecular flexibility index (Phi) is 5.50. The van der Waals surface area contributed by atoms with Gasteiger partial charge in [-0.3, -0.25) is 14.7 Å². The molecule has 1 saturated heterocycles. The fraction of sp³-hybridized carbons (Fsp3) is 0.240. The smallest absolute Gasteiger partial charge is 0.319 e. The Morgan fingerprint density at radius 1 is 1.09 bits per heavy atom. The molecule has 2 aromatic carbocycles. The van der Waals surface area contributed by atoms with Crippen LogP contribution in [0.25, 0.3) is 0 Å². The molecule has 1 atom stereocenters. The molecule has 5 rings (SSSR count). The van der Waals surface area contributed by atoms with Crippen LogP contribution in [0.1, 0.15) is 27.2 Å². The van der Waals surface area contributed by atoms with E-state index < -0.39 is 5.66 Å². The molecule has 3 heterocycles. The van der Waals surface area contributed by atoms with Crippen molar-refractivity contribution in [2.45, 2.75) is 18.5 Å². The first-order valence-corrected chi connectivity index (χ1v) is 11.2. The second kappa shape index (κ2) is 8.48. The van der Waals surface area contributed by atoms with Crippen LogP contribution in [-0.4, -0.2) is 46.4 Å². The maximum Gasteiger partial charge on any atom is 0.319 e. The van der Waals surface area contributed by atoms with E-state index in [1.807, 2.05) is 12.1 Å². The van der Waals surface area contributed by atoms with Gasteiger partial charge in [0.2, 0.25) is 0 Å². The van der Waals surface area contributed by atoms with Crippen LogP contribution in [0.3, 0.4) is 0 Å². The highest BCUT2D eigenvalue weighted by atomic mass is 35.5. The number of hydrogen-bond donors (Lipinski definition) is 1. The van der Waals surface area contributed by atoms with Crippen molar-refractivity contribution in [1.82, 2.24) is 20.1 Å². The number of aromatic nitrogens is 1. The highest BCUT2D eigenvalue weighted by Crippen LogP contribution is 2.44. The van der Waals surface area contributed by atoms with Crippen LogP contribution in [0, 0.1) is 5.82 Å². The molecule has 0 aliphatic carbocycles. The minimum Gasteiger partial charge on any atom is -0.338 e. The summed E-state index contributed by atoms with van der Waals surface area (Å²) in [5, 5.41) is 3.55. The lowest BCUT2D eigenvalue weighted by atomic mass is 9.86. The number of fused-ring (bicyclic) bond motifs is 2. The molecule has 0 bridgehead atoms. The molecule has 2 aliphatic rings. The van der Waals surface area contributed by atoms with Gasteiger partial charge in [-0.25, -0.2) is 9.18 Å². The zero-order valence-electron chi connectivity index (χ0n) is 17.8. The van der Waals surface area contributed by atoms with Crippen molar-refractivity contribution in [1.29, 1.82) is 0 Å². The average molecular weight is 465 g/mol. The van der Waals surface area contributed by atoms with Crippen molar-refractivity contribution in [3.05, 3.63) is 100 Å². The first-order chi connectivity index (χ1) is 16.0. The molecule has 0 spiro atoms. The standard InChI is InChI=1S/C25H22ClFN4O2/c26-19-7-5-18(6-8-19)25-16-22-21(2-1-12-28-22)23(32)30(25)14-15-31(25)24(33)29-13-11-17-3-9-20(27)10-4-17/h1-10,12H,11,13-16H2,(H,29,33). The van der Waals surface area contributed by atoms with Gasteiger partial charge in [0.1, 0.15) is 5.82 Å². The first-order valence-electron chi connectivity index (χ1n) is 10.8. The molecule has 1 unspecified atom stereocenters. The Morgan fingerprint density at radius 3 is 2.61 bits per heavy atom. The molecule has 2 aliphatic heterocycles. The van der Waals surface area contributed by atoms with Crippen molar-refractivity contribution in [2.75, 3.05) is 19.6 Å². The number of benzene rings is 2. The SMILES string of the molecule is O=C(NCCc1ccc(F)cc1)N1CCN2C(=O)c3cccnc3CC12c1ccc(Cl)cc1. The van der Waals surface area contributed by atoms with Crippen molar-refractivity contribution in [2.24, 2.45) is 0 Å². The van der Waals surface area contributed by atoms with Crippen LogP contribution in [0.5, 0.6) is 0 Å². The van der Waals surface area contributed by atoms with E-state index >= 15 is 0 Å². The maximum absolute atomic E-state index is 13.4. The lowest BCUT2D eigenvalue weighted by Gasteiger charge is -2.46. The van der Waals surface area contributed by atoms with Crippen LogP contribution in [-0.2, 0) is 18.5 Å². The number of hydrogen-bond acceptors (Lipinski definition) is 3. The number of carbonyl (C=O) groups excluding carboxylic acids is 2. The third kappa shape index (κ3) is 3.72. The van der Waals surface area contributed by atoms with E-state index in [-0.39, 0.29) is 17.8 Å². The van der Waals surface area contributed by atoms with Crippen LogP contribution >= 0.6 is 11.6 Å². The number of halogens is 2. The summed E-state index contributed by atoms with van der Waals surface area (Å²) in [5.74, 6) is -0.429. The fourth-order valence-electron chi connectivity index (χ4n) is 4.79. The van der Waals surface area contributed by atoms with E-state index in [9.17, 15) is 14.0 Å². The topological polar surface area (TPSA) is 65.5 Å². The summed E-state index contributed by atoms with van der Waals surface area (Å²) in [6.07, 6.45) is 2.63. The van der Waals surface area contributed by atoms with Gasteiger partial charge in [-0.15, -0.1) is 0 Å². The Morgan fingerprint density at radius 2 is 1.85 bits per heavy atom. The monoisotopic (exact) mass is 464 g/mol. The van der Waals surface area contributed by atoms with Gasteiger partial charge in [0, 0.05) is 37.3 Å². The van der Waals surface area contributed by atoms with E-state index in [1.54, 1.807) is 52.4 Å². The number of nitrogens with zero attached hydrogens (tertiary/aromatic N) is 3. The molecular weight excluding hydrogens is 443 g/mol. The summed E-state index contributed by atoms with van der Waals surface area (Å²) < 4.78 is 13.1. The predicted octanol–water partition coefficient (Wildman–Crippen LogP) is 3.99. The number of nitrogens with one attached hydrogen (secondary N) is 1.